The Kier molecular flexibility index (Phi) is 2.31. The number of carbonyl (C=O) groups is 1. The zero-order chi connectivity index (χ0) is 9.26. The molecule has 0 aliphatic heterocycles. The highest BCUT2D eigenvalue weighted by atomic mass is 79.9. The van der Waals surface area contributed by atoms with E-state index in [0.29, 0.717) is 12.4 Å². The van der Waals surface area contributed by atoms with E-state index < -0.39 is 0 Å². The molecule has 0 aromatic carbocycles. The van der Waals surface area contributed by atoms with Crippen LogP contribution in [0.3, 0.4) is 0 Å². The first-order valence-corrected chi connectivity index (χ1v) is 4.81. The van der Waals surface area contributed by atoms with Gasteiger partial charge in [-0.2, -0.15) is 0 Å². The molecular weight excluding hydrogens is 234 g/mol. The van der Waals surface area contributed by atoms with Gasteiger partial charge in [0.1, 0.15) is 6.10 Å². The van der Waals surface area contributed by atoms with E-state index in [1.54, 1.807) is 6.20 Å². The maximum absolute atomic E-state index is 10.0. The summed E-state index contributed by atoms with van der Waals surface area (Å²) in [5.74, 6) is 0.304. The Morgan fingerprint density at radius 3 is 3.08 bits per heavy atom. The topological polar surface area (TPSA) is 39.2 Å². The lowest BCUT2D eigenvalue weighted by Gasteiger charge is -1.97. The van der Waals surface area contributed by atoms with Crippen molar-refractivity contribution in [2.75, 3.05) is 0 Å². The number of carbonyl (C=O) groups excluding carboxylic acids is 1. The number of hydrogen-bond acceptors (Lipinski definition) is 3. The Hall–Kier alpha value is -0.900. The molecule has 2 atom stereocenters. The van der Waals surface area contributed by atoms with Crippen molar-refractivity contribution in [2.45, 2.75) is 18.4 Å². The maximum Gasteiger partial charge on any atom is 0.293 e. The molecule has 1 unspecified atom stereocenters. The lowest BCUT2D eigenvalue weighted by molar-refractivity contribution is -0.129. The van der Waals surface area contributed by atoms with Gasteiger partial charge in [0.25, 0.3) is 6.47 Å². The summed E-state index contributed by atoms with van der Waals surface area (Å²) in [7, 11) is 0. The third-order valence-electron chi connectivity index (χ3n) is 2.09. The summed E-state index contributed by atoms with van der Waals surface area (Å²) in [6.07, 6.45) is 2.70. The predicted molar refractivity (Wildman–Crippen MR) is 50.2 cm³/mol. The molecule has 2 rings (SSSR count). The summed E-state index contributed by atoms with van der Waals surface area (Å²) >= 11 is 3.31. The van der Waals surface area contributed by atoms with Crippen molar-refractivity contribution in [2.24, 2.45) is 0 Å². The molecule has 13 heavy (non-hydrogen) atoms. The van der Waals surface area contributed by atoms with E-state index in [4.69, 9.17) is 4.74 Å². The van der Waals surface area contributed by atoms with E-state index in [1.165, 1.54) is 0 Å². The first-order chi connectivity index (χ1) is 6.31. The van der Waals surface area contributed by atoms with Crippen LogP contribution in [0, 0.1) is 0 Å². The summed E-state index contributed by atoms with van der Waals surface area (Å²) in [5.41, 5.74) is 0.995. The van der Waals surface area contributed by atoms with Gasteiger partial charge >= 0.3 is 0 Å². The van der Waals surface area contributed by atoms with Gasteiger partial charge in [0.15, 0.2) is 0 Å². The van der Waals surface area contributed by atoms with Crippen LogP contribution in [0.25, 0.3) is 0 Å². The van der Waals surface area contributed by atoms with Crippen molar-refractivity contribution < 1.29 is 9.53 Å². The van der Waals surface area contributed by atoms with Gasteiger partial charge in [0, 0.05) is 22.3 Å². The largest absolute Gasteiger partial charge is 0.464 e. The Morgan fingerprint density at radius 1 is 1.62 bits per heavy atom. The van der Waals surface area contributed by atoms with Crippen LogP contribution in [0.15, 0.2) is 22.8 Å². The third-order valence-corrected chi connectivity index (χ3v) is 2.56. The summed E-state index contributed by atoms with van der Waals surface area (Å²) in [6, 6.07) is 3.89. The lowest BCUT2D eigenvalue weighted by Crippen LogP contribution is -1.95. The van der Waals surface area contributed by atoms with Gasteiger partial charge in [0.05, 0.1) is 0 Å². The molecule has 0 bridgehead atoms. The van der Waals surface area contributed by atoms with Crippen LogP contribution in [0.2, 0.25) is 0 Å². The second kappa shape index (κ2) is 3.46. The van der Waals surface area contributed by atoms with Gasteiger partial charge in [0.2, 0.25) is 0 Å². The Bertz CT molecular complexity index is 312. The highest BCUT2D eigenvalue weighted by Gasteiger charge is 2.41. The summed E-state index contributed by atoms with van der Waals surface area (Å²) in [4.78, 5) is 14.3. The summed E-state index contributed by atoms with van der Waals surface area (Å²) in [5, 5.41) is 0. The van der Waals surface area contributed by atoms with Gasteiger partial charge in [-0.15, -0.1) is 0 Å². The van der Waals surface area contributed by atoms with E-state index in [0.717, 1.165) is 16.6 Å². The van der Waals surface area contributed by atoms with Crippen molar-refractivity contribution in [1.82, 2.24) is 4.98 Å². The van der Waals surface area contributed by atoms with Gasteiger partial charge in [-0.05, 0) is 34.5 Å². The molecule has 1 aliphatic rings. The van der Waals surface area contributed by atoms with Crippen LogP contribution in [-0.4, -0.2) is 17.6 Å². The molecule has 0 N–H and O–H groups in total. The summed E-state index contributed by atoms with van der Waals surface area (Å²) in [6.45, 7) is 0.503. The van der Waals surface area contributed by atoms with Crippen LogP contribution in [0.5, 0.6) is 0 Å². The zero-order valence-electron chi connectivity index (χ0n) is 6.81. The van der Waals surface area contributed by atoms with Crippen LogP contribution in [0.4, 0.5) is 0 Å². The second-order valence-corrected chi connectivity index (χ2v) is 3.93. The van der Waals surface area contributed by atoms with Crippen LogP contribution in [-0.2, 0) is 9.53 Å². The van der Waals surface area contributed by atoms with Crippen molar-refractivity contribution in [3.05, 3.63) is 28.5 Å². The molecule has 4 heteroatoms. The quantitative estimate of drug-likeness (QED) is 0.759. The molecule has 68 valence electrons. The maximum atomic E-state index is 10.0. The Balaban J connectivity index is 2.03. The normalized spacial score (nSPS) is 25.3. The SMILES string of the molecule is O=CO[C@H]1CC1c1ccc(Br)cn1. The van der Waals surface area contributed by atoms with Crippen LogP contribution < -0.4 is 0 Å². The number of pyridine rings is 1. The number of halogens is 1. The number of ether oxygens (including phenoxy) is 1. The summed E-state index contributed by atoms with van der Waals surface area (Å²) < 4.78 is 5.78. The number of hydrogen-bond donors (Lipinski definition) is 0. The predicted octanol–water partition coefficient (Wildman–Crippen LogP) is 1.87. The fraction of sp³-hybridized carbons (Fsp3) is 0.333. The minimum absolute atomic E-state index is 0.0474. The number of aromatic nitrogens is 1. The standard InChI is InChI=1S/C9H8BrNO2/c10-6-1-2-8(11-4-6)7-3-9(7)13-5-12/h1-2,4-5,7,9H,3H2/t7?,9-/m0/s1. The molecule has 3 nitrogen and oxygen atoms in total. The van der Waals surface area contributed by atoms with Gasteiger partial charge < -0.3 is 4.74 Å². The zero-order valence-corrected chi connectivity index (χ0v) is 8.40. The van der Waals surface area contributed by atoms with Crippen molar-refractivity contribution in [3.63, 3.8) is 0 Å². The smallest absolute Gasteiger partial charge is 0.293 e. The van der Waals surface area contributed by atoms with Crippen molar-refractivity contribution in [1.29, 1.82) is 0 Å². The Morgan fingerprint density at radius 2 is 2.46 bits per heavy atom. The number of nitrogens with zero attached hydrogens (tertiary/aromatic N) is 1. The van der Waals surface area contributed by atoms with Crippen molar-refractivity contribution >= 4 is 22.4 Å². The molecule has 0 spiro atoms. The number of rotatable bonds is 3. The van der Waals surface area contributed by atoms with E-state index in [-0.39, 0.29) is 6.10 Å². The molecule has 1 heterocycles. The van der Waals surface area contributed by atoms with E-state index in [9.17, 15) is 4.79 Å². The minimum Gasteiger partial charge on any atom is -0.464 e. The highest BCUT2D eigenvalue weighted by Crippen LogP contribution is 2.41. The molecule has 1 saturated carbocycles. The van der Waals surface area contributed by atoms with Crippen LogP contribution >= 0.6 is 15.9 Å². The molecule has 1 aliphatic carbocycles. The minimum atomic E-state index is 0.0474. The van der Waals surface area contributed by atoms with Gasteiger partial charge in [-0.3, -0.25) is 9.78 Å². The van der Waals surface area contributed by atoms with Gasteiger partial charge in [-0.25, -0.2) is 0 Å². The molecule has 0 saturated heterocycles. The molecule has 1 aromatic rings. The van der Waals surface area contributed by atoms with E-state index >= 15 is 0 Å². The average molecular weight is 242 g/mol. The molecular formula is C9H8BrNO2. The first-order valence-electron chi connectivity index (χ1n) is 4.02. The molecule has 1 aromatic heterocycles. The first kappa shape index (κ1) is 8.69. The van der Waals surface area contributed by atoms with Gasteiger partial charge in [-0.1, -0.05) is 0 Å². The monoisotopic (exact) mass is 241 g/mol. The van der Waals surface area contributed by atoms with Crippen LogP contribution in [0.1, 0.15) is 18.0 Å². The molecule has 0 radical (unpaired) electrons. The highest BCUT2D eigenvalue weighted by molar-refractivity contribution is 9.10. The molecule has 1 fully saturated rings. The third kappa shape index (κ3) is 1.88. The second-order valence-electron chi connectivity index (χ2n) is 3.01. The fourth-order valence-corrected chi connectivity index (χ4v) is 1.55. The van der Waals surface area contributed by atoms with E-state index in [1.807, 2.05) is 12.1 Å². The lowest BCUT2D eigenvalue weighted by atomic mass is 10.2. The fourth-order valence-electron chi connectivity index (χ4n) is 1.31. The Labute approximate surface area is 84.2 Å². The molecule has 0 amide bonds. The van der Waals surface area contributed by atoms with E-state index in [2.05, 4.69) is 20.9 Å². The average Bonchev–Trinajstić information content (AvgIpc) is 2.86. The van der Waals surface area contributed by atoms with Crippen molar-refractivity contribution in [3.8, 4) is 0 Å².